The second-order valence-electron chi connectivity index (χ2n) is 8.93. The van der Waals surface area contributed by atoms with Gasteiger partial charge in [0.25, 0.3) is 0 Å². The van der Waals surface area contributed by atoms with Crippen molar-refractivity contribution in [3.05, 3.63) is 102 Å². The molecule has 4 aromatic rings. The number of rotatable bonds is 8. The van der Waals surface area contributed by atoms with Gasteiger partial charge in [0.2, 0.25) is 11.8 Å². The second kappa shape index (κ2) is 10.5. The van der Waals surface area contributed by atoms with Crippen LogP contribution >= 0.6 is 0 Å². The SMILES string of the molecule is COc1cccc(CN(Cc2ccc3cccnc3c2)c2cccc(CN3CC(=O)NCC3=O)c2)c1. The van der Waals surface area contributed by atoms with Gasteiger partial charge >= 0.3 is 0 Å². The minimum absolute atomic E-state index is 0.0521. The third-order valence-electron chi connectivity index (χ3n) is 6.32. The summed E-state index contributed by atoms with van der Waals surface area (Å²) in [6.07, 6.45) is 1.81. The number of pyridine rings is 1. The molecule has 0 atom stereocenters. The Hall–Kier alpha value is -4.39. The van der Waals surface area contributed by atoms with Crippen LogP contribution in [0, 0.1) is 0 Å². The van der Waals surface area contributed by atoms with Gasteiger partial charge in [0.15, 0.2) is 0 Å². The molecule has 1 N–H and O–H groups in total. The van der Waals surface area contributed by atoms with Gasteiger partial charge < -0.3 is 19.9 Å². The maximum Gasteiger partial charge on any atom is 0.242 e. The normalized spacial score (nSPS) is 13.5. The van der Waals surface area contributed by atoms with Crippen molar-refractivity contribution in [2.75, 3.05) is 25.1 Å². The van der Waals surface area contributed by atoms with Crippen LogP contribution in [0.5, 0.6) is 5.75 Å². The van der Waals surface area contributed by atoms with Gasteiger partial charge in [0.1, 0.15) is 5.75 Å². The Kier molecular flexibility index (Phi) is 6.80. The number of amides is 2. The van der Waals surface area contributed by atoms with E-state index in [9.17, 15) is 9.59 Å². The lowest BCUT2D eigenvalue weighted by Gasteiger charge is -2.28. The van der Waals surface area contributed by atoms with Crippen molar-refractivity contribution < 1.29 is 14.3 Å². The Morgan fingerprint density at radius 1 is 0.917 bits per heavy atom. The van der Waals surface area contributed by atoms with Crippen LogP contribution in [0.3, 0.4) is 0 Å². The number of carbonyl (C=O) groups is 2. The number of piperazine rings is 1. The van der Waals surface area contributed by atoms with Crippen molar-refractivity contribution in [1.82, 2.24) is 15.2 Å². The van der Waals surface area contributed by atoms with E-state index in [0.717, 1.165) is 39.0 Å². The number of methoxy groups -OCH3 is 1. The molecule has 2 heterocycles. The summed E-state index contributed by atoms with van der Waals surface area (Å²) in [6.45, 7) is 1.88. The highest BCUT2D eigenvalue weighted by Gasteiger charge is 2.23. The standard InChI is InChI=1S/C29H28N4O3/c1-36-26-9-3-6-22(14-26)17-32(18-23-10-11-24-7-4-12-30-27(24)15-23)25-8-2-5-21(13-25)19-33-20-28(34)31-16-29(33)35/h2-15H,16-20H2,1H3,(H,31,34). The molecule has 0 bridgehead atoms. The molecule has 182 valence electrons. The summed E-state index contributed by atoms with van der Waals surface area (Å²) in [7, 11) is 1.67. The molecule has 1 fully saturated rings. The van der Waals surface area contributed by atoms with E-state index in [1.807, 2.05) is 42.6 Å². The van der Waals surface area contributed by atoms with Gasteiger partial charge in [-0.05, 0) is 53.1 Å². The Balaban J connectivity index is 1.44. The van der Waals surface area contributed by atoms with E-state index < -0.39 is 0 Å². The van der Waals surface area contributed by atoms with Gasteiger partial charge in [-0.3, -0.25) is 14.6 Å². The van der Waals surface area contributed by atoms with Crippen molar-refractivity contribution in [1.29, 1.82) is 0 Å². The first kappa shape index (κ1) is 23.4. The van der Waals surface area contributed by atoms with Gasteiger partial charge in [-0.15, -0.1) is 0 Å². The van der Waals surface area contributed by atoms with Crippen LogP contribution in [0.4, 0.5) is 5.69 Å². The van der Waals surface area contributed by atoms with Crippen molar-refractivity contribution in [2.45, 2.75) is 19.6 Å². The predicted molar refractivity (Wildman–Crippen MR) is 139 cm³/mol. The molecule has 5 rings (SSSR count). The highest BCUT2D eigenvalue weighted by Crippen LogP contribution is 2.25. The maximum atomic E-state index is 12.3. The lowest BCUT2D eigenvalue weighted by atomic mass is 10.1. The van der Waals surface area contributed by atoms with Gasteiger partial charge in [0.05, 0.1) is 25.7 Å². The third kappa shape index (κ3) is 5.46. The van der Waals surface area contributed by atoms with Crippen molar-refractivity contribution in [3.8, 4) is 5.75 Å². The molecule has 1 saturated heterocycles. The van der Waals surface area contributed by atoms with Crippen molar-refractivity contribution in [3.63, 3.8) is 0 Å². The molecule has 0 radical (unpaired) electrons. The summed E-state index contributed by atoms with van der Waals surface area (Å²) >= 11 is 0. The van der Waals surface area contributed by atoms with Gasteiger partial charge in [-0.1, -0.05) is 42.5 Å². The highest BCUT2D eigenvalue weighted by atomic mass is 16.5. The lowest BCUT2D eigenvalue weighted by molar-refractivity contribution is -0.141. The van der Waals surface area contributed by atoms with Crippen LogP contribution in [-0.4, -0.2) is 41.9 Å². The largest absolute Gasteiger partial charge is 0.497 e. The van der Waals surface area contributed by atoms with Crippen molar-refractivity contribution in [2.24, 2.45) is 0 Å². The molecule has 7 nitrogen and oxygen atoms in total. The Bertz CT molecular complexity index is 1400. The number of fused-ring (bicyclic) bond motifs is 1. The zero-order chi connectivity index (χ0) is 24.9. The van der Waals surface area contributed by atoms with E-state index in [4.69, 9.17) is 4.74 Å². The quantitative estimate of drug-likeness (QED) is 0.414. The molecule has 36 heavy (non-hydrogen) atoms. The average Bonchev–Trinajstić information content (AvgIpc) is 2.90. The monoisotopic (exact) mass is 480 g/mol. The summed E-state index contributed by atoms with van der Waals surface area (Å²) in [5.41, 5.74) is 5.25. The first-order valence-corrected chi connectivity index (χ1v) is 11.9. The van der Waals surface area contributed by atoms with Crippen LogP contribution < -0.4 is 15.0 Å². The molecule has 3 aromatic carbocycles. The number of nitrogens with one attached hydrogen (secondary N) is 1. The fourth-order valence-electron chi connectivity index (χ4n) is 4.48. The first-order chi connectivity index (χ1) is 17.6. The topological polar surface area (TPSA) is 74.8 Å². The molecule has 1 aliphatic heterocycles. The molecule has 7 heteroatoms. The van der Waals surface area contributed by atoms with Crippen LogP contribution in [0.2, 0.25) is 0 Å². The lowest BCUT2D eigenvalue weighted by Crippen LogP contribution is -2.51. The molecule has 0 aliphatic carbocycles. The summed E-state index contributed by atoms with van der Waals surface area (Å²) in [5, 5.41) is 3.71. The van der Waals surface area contributed by atoms with Crippen LogP contribution in [0.15, 0.2) is 85.1 Å². The third-order valence-corrected chi connectivity index (χ3v) is 6.32. The number of hydrogen-bond donors (Lipinski definition) is 1. The Morgan fingerprint density at radius 2 is 1.72 bits per heavy atom. The molecule has 2 amide bonds. The summed E-state index contributed by atoms with van der Waals surface area (Å²) in [4.78, 5) is 32.5. The van der Waals surface area contributed by atoms with E-state index in [-0.39, 0.29) is 24.9 Å². The van der Waals surface area contributed by atoms with E-state index in [1.165, 1.54) is 0 Å². The zero-order valence-corrected chi connectivity index (χ0v) is 20.2. The summed E-state index contributed by atoms with van der Waals surface area (Å²) in [5.74, 6) is 0.616. The summed E-state index contributed by atoms with van der Waals surface area (Å²) in [6, 6.07) is 26.6. The number of nitrogens with zero attached hydrogens (tertiary/aromatic N) is 3. The number of carbonyl (C=O) groups excluding carboxylic acids is 2. The summed E-state index contributed by atoms with van der Waals surface area (Å²) < 4.78 is 5.43. The fourth-order valence-corrected chi connectivity index (χ4v) is 4.48. The number of ether oxygens (including phenoxy) is 1. The molecule has 1 aromatic heterocycles. The molecule has 0 spiro atoms. The van der Waals surface area contributed by atoms with Gasteiger partial charge in [0, 0.05) is 36.9 Å². The number of hydrogen-bond acceptors (Lipinski definition) is 5. The molecule has 0 saturated carbocycles. The van der Waals surface area contributed by atoms with Gasteiger partial charge in [-0.25, -0.2) is 0 Å². The molecule has 0 unspecified atom stereocenters. The second-order valence-corrected chi connectivity index (χ2v) is 8.93. The predicted octanol–water partition coefficient (Wildman–Crippen LogP) is 3.91. The van der Waals surface area contributed by atoms with E-state index in [2.05, 4.69) is 57.7 Å². The van der Waals surface area contributed by atoms with E-state index >= 15 is 0 Å². The average molecular weight is 481 g/mol. The molecule has 1 aliphatic rings. The smallest absolute Gasteiger partial charge is 0.242 e. The minimum Gasteiger partial charge on any atom is -0.497 e. The number of benzene rings is 3. The van der Waals surface area contributed by atoms with Crippen LogP contribution in [0.1, 0.15) is 16.7 Å². The minimum atomic E-state index is -0.129. The van der Waals surface area contributed by atoms with Crippen LogP contribution in [0.25, 0.3) is 10.9 Å². The van der Waals surface area contributed by atoms with Gasteiger partial charge in [-0.2, -0.15) is 0 Å². The van der Waals surface area contributed by atoms with Crippen molar-refractivity contribution >= 4 is 28.4 Å². The van der Waals surface area contributed by atoms with E-state index in [0.29, 0.717) is 19.6 Å². The molecular formula is C29H28N4O3. The Morgan fingerprint density at radius 3 is 2.58 bits per heavy atom. The highest BCUT2D eigenvalue weighted by molar-refractivity contribution is 5.92. The zero-order valence-electron chi connectivity index (χ0n) is 20.2. The first-order valence-electron chi connectivity index (χ1n) is 11.9. The molecular weight excluding hydrogens is 452 g/mol. The maximum absolute atomic E-state index is 12.3. The fraction of sp³-hybridized carbons (Fsp3) is 0.207. The number of anilines is 1. The number of aromatic nitrogens is 1. The van der Waals surface area contributed by atoms with E-state index in [1.54, 1.807) is 12.0 Å². The Labute approximate surface area is 210 Å². The van der Waals surface area contributed by atoms with Crippen LogP contribution in [-0.2, 0) is 29.2 Å².